The molecule has 19 heavy (non-hydrogen) atoms. The summed E-state index contributed by atoms with van der Waals surface area (Å²) in [5.74, 6) is 0. The van der Waals surface area contributed by atoms with E-state index in [2.05, 4.69) is 25.1 Å². The summed E-state index contributed by atoms with van der Waals surface area (Å²) in [5.41, 5.74) is 2.34. The van der Waals surface area contributed by atoms with Crippen molar-refractivity contribution in [3.63, 3.8) is 0 Å². The molecule has 0 aliphatic carbocycles. The summed E-state index contributed by atoms with van der Waals surface area (Å²) in [4.78, 5) is 4.32. The fourth-order valence-electron chi connectivity index (χ4n) is 1.43. The smallest absolute Gasteiger partial charge is 0.159 e. The van der Waals surface area contributed by atoms with Gasteiger partial charge in [-0.2, -0.15) is 0 Å². The van der Waals surface area contributed by atoms with Crippen LogP contribution < -0.4 is 0 Å². The van der Waals surface area contributed by atoms with E-state index in [1.807, 2.05) is 45.9 Å². The summed E-state index contributed by atoms with van der Waals surface area (Å²) >= 11 is 6.70. The van der Waals surface area contributed by atoms with Gasteiger partial charge in [0.25, 0.3) is 0 Å². The number of hydrogen-bond donors (Lipinski definition) is 1. The van der Waals surface area contributed by atoms with Crippen molar-refractivity contribution in [2.45, 2.75) is 47.5 Å². The van der Waals surface area contributed by atoms with Crippen LogP contribution in [-0.2, 0) is 0 Å². The molecule has 0 saturated carbocycles. The van der Waals surface area contributed by atoms with E-state index in [0.29, 0.717) is 0 Å². The second-order valence-corrected chi connectivity index (χ2v) is 4.85. The second kappa shape index (κ2) is 13.5. The zero-order chi connectivity index (χ0) is 15.3. The van der Waals surface area contributed by atoms with Crippen molar-refractivity contribution in [2.24, 2.45) is 0 Å². The Bertz CT molecular complexity index is 436. The van der Waals surface area contributed by atoms with Crippen LogP contribution in [0.15, 0.2) is 25.3 Å². The van der Waals surface area contributed by atoms with E-state index in [4.69, 9.17) is 12.2 Å². The molecule has 1 rings (SSSR count). The standard InChI is InChI=1S/C12H15NS2.2C2H6/c1-4-7-9(8-5-2)11-10(6-3)15-12(14)13-11;2*1-2/h4,6-7H,1,3,5,8H2,2H3,(H,13,14);2*1-2H3/b9-7-;;. The quantitative estimate of drug-likeness (QED) is 0.463. The lowest BCUT2D eigenvalue weighted by Crippen LogP contribution is -1.87. The van der Waals surface area contributed by atoms with Gasteiger partial charge in [0.05, 0.1) is 10.6 Å². The third kappa shape index (κ3) is 7.28. The molecule has 0 aromatic carbocycles. The molecule has 0 amide bonds. The fourth-order valence-corrected chi connectivity index (χ4v) is 2.52. The fraction of sp³-hybridized carbons (Fsp3) is 0.438. The molecule has 1 N–H and O–H groups in total. The Kier molecular flexibility index (Phi) is 14.5. The molecule has 1 nitrogen and oxygen atoms in total. The van der Waals surface area contributed by atoms with Crippen molar-refractivity contribution in [2.75, 3.05) is 0 Å². The van der Waals surface area contributed by atoms with Gasteiger partial charge < -0.3 is 4.98 Å². The van der Waals surface area contributed by atoms with Gasteiger partial charge >= 0.3 is 0 Å². The van der Waals surface area contributed by atoms with E-state index in [0.717, 1.165) is 27.4 Å². The summed E-state index contributed by atoms with van der Waals surface area (Å²) in [6, 6.07) is 0. The van der Waals surface area contributed by atoms with Crippen molar-refractivity contribution >= 4 is 35.2 Å². The average Bonchev–Trinajstić information content (AvgIpc) is 2.84. The monoisotopic (exact) mass is 297 g/mol. The van der Waals surface area contributed by atoms with E-state index in [-0.39, 0.29) is 0 Å². The maximum Gasteiger partial charge on any atom is 0.159 e. The predicted octanol–water partition coefficient (Wildman–Crippen LogP) is 6.87. The molecule has 0 atom stereocenters. The SMILES string of the molecule is C=C/C=C(/CCC)c1[nH]c(=S)sc1C=C.CC.CC. The van der Waals surface area contributed by atoms with Crippen LogP contribution in [0.4, 0.5) is 0 Å². The number of rotatable bonds is 5. The van der Waals surface area contributed by atoms with Gasteiger partial charge in [-0.3, -0.25) is 0 Å². The molecule has 0 bridgehead atoms. The Balaban J connectivity index is 0. The van der Waals surface area contributed by atoms with Crippen LogP contribution in [0.5, 0.6) is 0 Å². The van der Waals surface area contributed by atoms with Gasteiger partial charge in [0.2, 0.25) is 0 Å². The van der Waals surface area contributed by atoms with Crippen LogP contribution in [0, 0.1) is 3.95 Å². The molecule has 108 valence electrons. The molecule has 0 radical (unpaired) electrons. The minimum Gasteiger partial charge on any atom is -0.337 e. The van der Waals surface area contributed by atoms with E-state index in [1.54, 1.807) is 11.3 Å². The van der Waals surface area contributed by atoms with E-state index in [1.165, 1.54) is 5.57 Å². The normalized spacial score (nSPS) is 9.63. The molecule has 0 spiro atoms. The van der Waals surface area contributed by atoms with Gasteiger partial charge in [0.15, 0.2) is 3.95 Å². The molecule has 0 fully saturated rings. The van der Waals surface area contributed by atoms with E-state index < -0.39 is 0 Å². The maximum absolute atomic E-state index is 5.14. The molecule has 0 unspecified atom stereocenters. The molecule has 3 heteroatoms. The van der Waals surface area contributed by atoms with Gasteiger partial charge in [-0.1, -0.05) is 66.3 Å². The number of aromatic amines is 1. The first-order valence-corrected chi connectivity index (χ1v) is 8.12. The first-order chi connectivity index (χ1) is 9.22. The van der Waals surface area contributed by atoms with Crippen molar-refractivity contribution in [1.82, 2.24) is 4.98 Å². The van der Waals surface area contributed by atoms with Crippen LogP contribution in [-0.4, -0.2) is 4.98 Å². The van der Waals surface area contributed by atoms with Crippen molar-refractivity contribution in [3.8, 4) is 0 Å². The Morgan fingerprint density at radius 1 is 1.26 bits per heavy atom. The Labute approximate surface area is 127 Å². The van der Waals surface area contributed by atoms with Crippen molar-refractivity contribution in [3.05, 3.63) is 39.8 Å². The van der Waals surface area contributed by atoms with E-state index >= 15 is 0 Å². The topological polar surface area (TPSA) is 15.8 Å². The second-order valence-electron chi connectivity index (χ2n) is 3.14. The summed E-state index contributed by atoms with van der Waals surface area (Å²) in [6.07, 6.45) is 7.82. The van der Waals surface area contributed by atoms with Crippen LogP contribution in [0.1, 0.15) is 58.0 Å². The molecular formula is C16H27NS2. The van der Waals surface area contributed by atoms with Crippen LogP contribution in [0.2, 0.25) is 0 Å². The Hall–Kier alpha value is -0.930. The number of H-pyrrole nitrogens is 1. The van der Waals surface area contributed by atoms with Gasteiger partial charge in [-0.25, -0.2) is 0 Å². The molecule has 0 aliphatic rings. The lowest BCUT2D eigenvalue weighted by molar-refractivity contribution is 0.967. The number of hydrogen-bond acceptors (Lipinski definition) is 2. The van der Waals surface area contributed by atoms with Crippen LogP contribution in [0.3, 0.4) is 0 Å². The summed E-state index contributed by atoms with van der Waals surface area (Å²) in [7, 11) is 0. The Morgan fingerprint density at radius 3 is 2.26 bits per heavy atom. The van der Waals surface area contributed by atoms with Crippen LogP contribution >= 0.6 is 23.6 Å². The molecule has 0 saturated heterocycles. The average molecular weight is 298 g/mol. The van der Waals surface area contributed by atoms with Gasteiger partial charge in [0, 0.05) is 0 Å². The highest BCUT2D eigenvalue weighted by atomic mass is 32.1. The summed E-state index contributed by atoms with van der Waals surface area (Å²) in [5, 5.41) is 0. The number of aromatic nitrogens is 1. The van der Waals surface area contributed by atoms with Crippen molar-refractivity contribution < 1.29 is 0 Å². The molecule has 1 heterocycles. The number of thiazole rings is 1. The van der Waals surface area contributed by atoms with E-state index in [9.17, 15) is 0 Å². The maximum atomic E-state index is 5.14. The third-order valence-corrected chi connectivity index (χ3v) is 3.25. The van der Waals surface area contributed by atoms with Gasteiger partial charge in [0.1, 0.15) is 0 Å². The number of nitrogens with one attached hydrogen (secondary N) is 1. The lowest BCUT2D eigenvalue weighted by atomic mass is 10.1. The van der Waals surface area contributed by atoms with Crippen LogP contribution in [0.25, 0.3) is 11.6 Å². The Morgan fingerprint density at radius 2 is 1.84 bits per heavy atom. The minimum atomic E-state index is 0.797. The largest absolute Gasteiger partial charge is 0.337 e. The lowest BCUT2D eigenvalue weighted by Gasteiger charge is -2.03. The summed E-state index contributed by atoms with van der Waals surface area (Å²) in [6.45, 7) is 17.7. The zero-order valence-electron chi connectivity index (χ0n) is 12.9. The zero-order valence-corrected chi connectivity index (χ0v) is 14.5. The van der Waals surface area contributed by atoms with Gasteiger partial charge in [-0.15, -0.1) is 11.3 Å². The highest BCUT2D eigenvalue weighted by Gasteiger charge is 2.07. The van der Waals surface area contributed by atoms with Crippen molar-refractivity contribution in [1.29, 1.82) is 0 Å². The predicted molar refractivity (Wildman–Crippen MR) is 95.4 cm³/mol. The first kappa shape index (κ1) is 20.4. The first-order valence-electron chi connectivity index (χ1n) is 6.90. The molecular weight excluding hydrogens is 270 g/mol. The molecule has 1 aromatic rings. The molecule has 1 aromatic heterocycles. The van der Waals surface area contributed by atoms with Gasteiger partial charge in [-0.05, 0) is 30.3 Å². The number of allylic oxidation sites excluding steroid dienone is 3. The minimum absolute atomic E-state index is 0.797. The highest BCUT2D eigenvalue weighted by molar-refractivity contribution is 7.73. The third-order valence-electron chi connectivity index (χ3n) is 2.02. The molecule has 0 aliphatic heterocycles. The highest BCUT2D eigenvalue weighted by Crippen LogP contribution is 2.26. The summed E-state index contributed by atoms with van der Waals surface area (Å²) < 4.78 is 0.797.